The van der Waals surface area contributed by atoms with E-state index in [9.17, 15) is 0 Å². The molecule has 0 bridgehead atoms. The summed E-state index contributed by atoms with van der Waals surface area (Å²) in [6, 6.07) is 61.2. The monoisotopic (exact) mass is 625 g/mol. The van der Waals surface area contributed by atoms with Gasteiger partial charge < -0.3 is 4.57 Å². The number of hydrogen-bond donors (Lipinski definition) is 0. The van der Waals surface area contributed by atoms with Crippen LogP contribution in [0.4, 0.5) is 0 Å². The van der Waals surface area contributed by atoms with E-state index < -0.39 is 0 Å². The Morgan fingerprint density at radius 1 is 0.341 bits per heavy atom. The van der Waals surface area contributed by atoms with Crippen molar-refractivity contribution in [3.8, 4) is 50.2 Å². The average Bonchev–Trinajstić information content (AvgIpc) is 3.43. The molecule has 0 fully saturated rings. The molecule has 0 aliphatic rings. The average molecular weight is 627 g/mol. The molecule has 208 valence electrons. The van der Waals surface area contributed by atoms with Gasteiger partial charge in [-0.2, -0.15) is 0 Å². The number of nitrogens with zero attached hydrogens (tertiary/aromatic N) is 1. The maximum absolute atomic E-state index is 3.59. The zero-order chi connectivity index (χ0) is 29.5. The smallest absolute Gasteiger partial charge is 0.0547 e. The second-order valence-electron chi connectivity index (χ2n) is 11.1. The first kappa shape index (κ1) is 26.4. The molecule has 1 aromatic heterocycles. The van der Waals surface area contributed by atoms with Crippen molar-refractivity contribution in [2.24, 2.45) is 0 Å². The molecule has 7 aromatic carbocycles. The van der Waals surface area contributed by atoms with Crippen LogP contribution < -0.4 is 0 Å². The van der Waals surface area contributed by atoms with E-state index in [0.29, 0.717) is 0 Å². The molecule has 0 amide bonds. The third-order valence-electron chi connectivity index (χ3n) is 8.49. The summed E-state index contributed by atoms with van der Waals surface area (Å²) in [7, 11) is 0. The van der Waals surface area contributed by atoms with E-state index in [1.54, 1.807) is 0 Å². The van der Waals surface area contributed by atoms with Crippen LogP contribution in [0.25, 0.3) is 72.0 Å². The van der Waals surface area contributed by atoms with Crippen molar-refractivity contribution in [2.75, 3.05) is 0 Å². The summed E-state index contributed by atoms with van der Waals surface area (Å²) in [5.41, 5.74) is 13.3. The molecule has 0 N–H and O–H groups in total. The van der Waals surface area contributed by atoms with Gasteiger partial charge in [0.2, 0.25) is 0 Å². The van der Waals surface area contributed by atoms with Gasteiger partial charge in [-0.1, -0.05) is 149 Å². The molecule has 0 aliphatic carbocycles. The highest BCUT2D eigenvalue weighted by Crippen LogP contribution is 2.39. The predicted octanol–water partition coefficient (Wildman–Crippen LogP) is 12.2. The van der Waals surface area contributed by atoms with E-state index in [2.05, 4.69) is 190 Å². The Bertz CT molecular complexity index is 2280. The van der Waals surface area contributed by atoms with Crippen molar-refractivity contribution in [1.82, 2.24) is 4.57 Å². The minimum absolute atomic E-state index is 1.08. The molecule has 0 saturated heterocycles. The molecule has 44 heavy (non-hydrogen) atoms. The van der Waals surface area contributed by atoms with Crippen LogP contribution in [0.3, 0.4) is 0 Å². The third kappa shape index (κ3) is 4.65. The van der Waals surface area contributed by atoms with E-state index in [1.165, 1.54) is 66.3 Å². The zero-order valence-electron chi connectivity index (χ0n) is 24.0. The summed E-state index contributed by atoms with van der Waals surface area (Å²) in [4.78, 5) is 0. The Hall–Kier alpha value is -5.18. The summed E-state index contributed by atoms with van der Waals surface area (Å²) in [6.07, 6.45) is 0. The van der Waals surface area contributed by atoms with Crippen molar-refractivity contribution in [2.45, 2.75) is 0 Å². The van der Waals surface area contributed by atoms with Crippen LogP contribution in [-0.2, 0) is 0 Å². The first-order valence-corrected chi connectivity index (χ1v) is 15.7. The van der Waals surface area contributed by atoms with Crippen LogP contribution in [0.15, 0.2) is 174 Å². The van der Waals surface area contributed by atoms with Gasteiger partial charge in [-0.15, -0.1) is 0 Å². The van der Waals surface area contributed by atoms with Gasteiger partial charge in [0.05, 0.1) is 11.0 Å². The summed E-state index contributed by atoms with van der Waals surface area (Å²) >= 11 is 3.59. The standard InChI is InChI=1S/C42H28BrN/c43-33-24-21-30(22-25-33)36-16-5-7-18-38(36)32-23-26-40-39-19-8-9-20-41(39)44(42(40)28-32)34-14-10-13-31(27-34)37-17-6-4-15-35(37)29-11-2-1-3-12-29/h1-28H. The van der Waals surface area contributed by atoms with Gasteiger partial charge in [0.25, 0.3) is 0 Å². The van der Waals surface area contributed by atoms with E-state index in [0.717, 1.165) is 10.2 Å². The van der Waals surface area contributed by atoms with Crippen LogP contribution in [0.5, 0.6) is 0 Å². The number of aromatic nitrogens is 1. The quantitative estimate of drug-likeness (QED) is 0.179. The largest absolute Gasteiger partial charge is 0.309 e. The maximum Gasteiger partial charge on any atom is 0.0547 e. The number of rotatable bonds is 5. The number of para-hydroxylation sites is 1. The Morgan fingerprint density at radius 3 is 1.55 bits per heavy atom. The van der Waals surface area contributed by atoms with Gasteiger partial charge in [0.15, 0.2) is 0 Å². The van der Waals surface area contributed by atoms with Crippen LogP contribution in [0.1, 0.15) is 0 Å². The van der Waals surface area contributed by atoms with E-state index in [4.69, 9.17) is 0 Å². The lowest BCUT2D eigenvalue weighted by molar-refractivity contribution is 1.18. The van der Waals surface area contributed by atoms with Crippen molar-refractivity contribution in [1.29, 1.82) is 0 Å². The van der Waals surface area contributed by atoms with Gasteiger partial charge in [-0.3, -0.25) is 0 Å². The minimum Gasteiger partial charge on any atom is -0.309 e. The second-order valence-corrected chi connectivity index (χ2v) is 12.0. The summed E-state index contributed by atoms with van der Waals surface area (Å²) in [6.45, 7) is 0. The summed E-state index contributed by atoms with van der Waals surface area (Å²) in [5, 5.41) is 2.51. The number of benzene rings is 7. The fourth-order valence-corrected chi connectivity index (χ4v) is 6.71. The molecule has 1 heterocycles. The van der Waals surface area contributed by atoms with Crippen LogP contribution in [-0.4, -0.2) is 4.57 Å². The Kier molecular flexibility index (Phi) is 6.70. The van der Waals surface area contributed by atoms with Gasteiger partial charge in [-0.05, 0) is 80.9 Å². The molecule has 0 atom stereocenters. The van der Waals surface area contributed by atoms with Crippen molar-refractivity contribution in [3.63, 3.8) is 0 Å². The van der Waals surface area contributed by atoms with Gasteiger partial charge >= 0.3 is 0 Å². The summed E-state index contributed by atoms with van der Waals surface area (Å²) < 4.78 is 3.50. The highest BCUT2D eigenvalue weighted by molar-refractivity contribution is 9.10. The lowest BCUT2D eigenvalue weighted by Gasteiger charge is -2.14. The fourth-order valence-electron chi connectivity index (χ4n) is 6.45. The number of halogens is 1. The molecule has 8 aromatic rings. The van der Waals surface area contributed by atoms with E-state index in [1.807, 2.05) is 0 Å². The highest BCUT2D eigenvalue weighted by atomic mass is 79.9. The van der Waals surface area contributed by atoms with Crippen molar-refractivity contribution >= 4 is 37.7 Å². The van der Waals surface area contributed by atoms with Crippen LogP contribution in [0, 0.1) is 0 Å². The Balaban J connectivity index is 1.33. The first-order valence-electron chi connectivity index (χ1n) is 14.9. The van der Waals surface area contributed by atoms with Gasteiger partial charge in [0, 0.05) is 20.9 Å². The third-order valence-corrected chi connectivity index (χ3v) is 9.02. The Morgan fingerprint density at radius 2 is 0.841 bits per heavy atom. The number of hydrogen-bond acceptors (Lipinski definition) is 0. The molecule has 0 saturated carbocycles. The lowest BCUT2D eigenvalue weighted by atomic mass is 9.94. The topological polar surface area (TPSA) is 4.93 Å². The molecule has 1 nitrogen and oxygen atoms in total. The fraction of sp³-hybridized carbons (Fsp3) is 0. The molecular weight excluding hydrogens is 598 g/mol. The molecule has 8 rings (SSSR count). The molecule has 0 spiro atoms. The van der Waals surface area contributed by atoms with Gasteiger partial charge in [0.1, 0.15) is 0 Å². The zero-order valence-corrected chi connectivity index (χ0v) is 25.6. The van der Waals surface area contributed by atoms with Crippen molar-refractivity contribution < 1.29 is 0 Å². The first-order chi connectivity index (χ1) is 21.7. The molecular formula is C42H28BrN. The lowest BCUT2D eigenvalue weighted by Crippen LogP contribution is -1.95. The SMILES string of the molecule is Brc1ccc(-c2ccccc2-c2ccc3c4ccccc4n(-c4cccc(-c5ccccc5-c5ccccc5)c4)c3c2)cc1. The van der Waals surface area contributed by atoms with Crippen LogP contribution >= 0.6 is 15.9 Å². The summed E-state index contributed by atoms with van der Waals surface area (Å²) in [5.74, 6) is 0. The van der Waals surface area contributed by atoms with Crippen molar-refractivity contribution in [3.05, 3.63) is 174 Å². The molecule has 2 heteroatoms. The Labute approximate surface area is 265 Å². The highest BCUT2D eigenvalue weighted by Gasteiger charge is 2.16. The van der Waals surface area contributed by atoms with E-state index >= 15 is 0 Å². The van der Waals surface area contributed by atoms with Gasteiger partial charge in [-0.25, -0.2) is 0 Å². The molecule has 0 unspecified atom stereocenters. The maximum atomic E-state index is 3.59. The number of fused-ring (bicyclic) bond motifs is 3. The normalized spacial score (nSPS) is 11.3. The van der Waals surface area contributed by atoms with E-state index in [-0.39, 0.29) is 0 Å². The van der Waals surface area contributed by atoms with Crippen LogP contribution in [0.2, 0.25) is 0 Å². The minimum atomic E-state index is 1.08. The predicted molar refractivity (Wildman–Crippen MR) is 190 cm³/mol. The molecule has 0 radical (unpaired) electrons. The second kappa shape index (κ2) is 11.1. The molecule has 0 aliphatic heterocycles.